The Kier molecular flexibility index (Phi) is 3.51. The van der Waals surface area contributed by atoms with Crippen LogP contribution in [-0.4, -0.2) is 26.3 Å². The second-order valence-corrected chi connectivity index (χ2v) is 5.36. The van der Waals surface area contributed by atoms with Crippen molar-refractivity contribution in [3.05, 3.63) is 23.5 Å². The van der Waals surface area contributed by atoms with Gasteiger partial charge in [-0.1, -0.05) is 0 Å². The van der Waals surface area contributed by atoms with E-state index in [2.05, 4.69) is 0 Å². The van der Waals surface area contributed by atoms with Crippen molar-refractivity contribution in [3.63, 3.8) is 0 Å². The number of nitrogens with two attached hydrogens (primary N) is 2. The van der Waals surface area contributed by atoms with Crippen LogP contribution in [0, 0.1) is 5.82 Å². The zero-order chi connectivity index (χ0) is 12.5. The Morgan fingerprint density at radius 2 is 2.06 bits per heavy atom. The molecule has 16 heavy (non-hydrogen) atoms. The van der Waals surface area contributed by atoms with E-state index in [0.29, 0.717) is 0 Å². The van der Waals surface area contributed by atoms with Crippen molar-refractivity contribution < 1.29 is 17.9 Å². The lowest BCUT2D eigenvalue weighted by Gasteiger charge is -2.15. The van der Waals surface area contributed by atoms with Gasteiger partial charge in [-0.15, -0.1) is 0 Å². The summed E-state index contributed by atoms with van der Waals surface area (Å²) >= 11 is 0. The predicted molar refractivity (Wildman–Crippen MR) is 57.9 cm³/mol. The van der Waals surface area contributed by atoms with Crippen LogP contribution in [0.25, 0.3) is 0 Å². The molecule has 0 bridgehead atoms. The van der Waals surface area contributed by atoms with E-state index in [1.165, 1.54) is 0 Å². The maximum atomic E-state index is 13.5. The van der Waals surface area contributed by atoms with Gasteiger partial charge in [0, 0.05) is 18.4 Å². The maximum Gasteiger partial charge on any atom is 0.178 e. The maximum absolute atomic E-state index is 13.5. The van der Waals surface area contributed by atoms with Crippen LogP contribution < -0.4 is 11.5 Å². The van der Waals surface area contributed by atoms with Gasteiger partial charge in [-0.3, -0.25) is 0 Å². The van der Waals surface area contributed by atoms with Gasteiger partial charge in [-0.05, 0) is 12.1 Å². The van der Waals surface area contributed by atoms with Crippen molar-refractivity contribution >= 4 is 15.5 Å². The fourth-order valence-corrected chi connectivity index (χ4v) is 2.56. The quantitative estimate of drug-likeness (QED) is 0.642. The average Bonchev–Trinajstić information content (AvgIpc) is 2.18. The number of halogens is 1. The van der Waals surface area contributed by atoms with Crippen molar-refractivity contribution in [1.29, 1.82) is 0 Å². The number of aliphatic hydroxyl groups excluding tert-OH is 1. The molecule has 1 atom stereocenters. The molecule has 0 spiro atoms. The first kappa shape index (κ1) is 12.9. The van der Waals surface area contributed by atoms with Crippen LogP contribution in [-0.2, 0) is 9.84 Å². The van der Waals surface area contributed by atoms with E-state index in [4.69, 9.17) is 11.5 Å². The van der Waals surface area contributed by atoms with Crippen LogP contribution in [0.5, 0.6) is 0 Å². The number of hydrogen-bond donors (Lipinski definition) is 3. The molecule has 0 saturated carbocycles. The van der Waals surface area contributed by atoms with Crippen molar-refractivity contribution in [1.82, 2.24) is 0 Å². The van der Waals surface area contributed by atoms with E-state index >= 15 is 0 Å². The van der Waals surface area contributed by atoms with Crippen molar-refractivity contribution in [2.75, 3.05) is 18.5 Å². The molecule has 0 radical (unpaired) electrons. The molecule has 90 valence electrons. The third-order valence-corrected chi connectivity index (χ3v) is 3.30. The Morgan fingerprint density at radius 3 is 2.50 bits per heavy atom. The van der Waals surface area contributed by atoms with Crippen molar-refractivity contribution in [2.24, 2.45) is 5.73 Å². The summed E-state index contributed by atoms with van der Waals surface area (Å²) in [6.07, 6.45) is -0.501. The lowest BCUT2D eigenvalue weighted by molar-refractivity contribution is 0.178. The Labute approximate surface area is 92.8 Å². The summed E-state index contributed by atoms with van der Waals surface area (Å²) < 4.78 is 36.4. The molecular weight excluding hydrogens is 235 g/mol. The summed E-state index contributed by atoms with van der Waals surface area (Å²) in [7, 11) is -3.72. The second-order valence-electron chi connectivity index (χ2n) is 3.40. The lowest BCUT2D eigenvalue weighted by Crippen LogP contribution is -2.18. The lowest BCUT2D eigenvalue weighted by atomic mass is 10.1. The SMILES string of the molecule is CS(=O)(=O)c1c(N)ccc(F)c1C(O)CN. The molecule has 1 aromatic carbocycles. The molecule has 0 saturated heterocycles. The summed E-state index contributed by atoms with van der Waals surface area (Å²) in [6.45, 7) is -0.289. The van der Waals surface area contributed by atoms with Crippen molar-refractivity contribution in [3.8, 4) is 0 Å². The van der Waals surface area contributed by atoms with Gasteiger partial charge < -0.3 is 16.6 Å². The second kappa shape index (κ2) is 4.36. The van der Waals surface area contributed by atoms with Gasteiger partial charge in [0.1, 0.15) is 5.82 Å². The van der Waals surface area contributed by atoms with Gasteiger partial charge in [0.2, 0.25) is 0 Å². The molecule has 1 rings (SSSR count). The normalized spacial score (nSPS) is 13.8. The van der Waals surface area contributed by atoms with E-state index in [1.54, 1.807) is 0 Å². The smallest absolute Gasteiger partial charge is 0.178 e. The Morgan fingerprint density at radius 1 is 1.50 bits per heavy atom. The van der Waals surface area contributed by atoms with Gasteiger partial charge >= 0.3 is 0 Å². The fraction of sp³-hybridized carbons (Fsp3) is 0.333. The molecule has 0 aliphatic heterocycles. The predicted octanol–water partition coefficient (Wildman–Crippen LogP) is -0.197. The minimum absolute atomic E-state index is 0.105. The van der Waals surface area contributed by atoms with Gasteiger partial charge in [0.15, 0.2) is 9.84 Å². The van der Waals surface area contributed by atoms with Crippen LogP contribution in [0.1, 0.15) is 11.7 Å². The third kappa shape index (κ3) is 2.31. The minimum atomic E-state index is -3.72. The van der Waals surface area contributed by atoms with Crippen LogP contribution in [0.4, 0.5) is 10.1 Å². The van der Waals surface area contributed by atoms with Gasteiger partial charge in [-0.2, -0.15) is 0 Å². The Bertz CT molecular complexity index is 502. The highest BCUT2D eigenvalue weighted by Gasteiger charge is 2.24. The zero-order valence-corrected chi connectivity index (χ0v) is 9.46. The number of aliphatic hydroxyl groups is 1. The van der Waals surface area contributed by atoms with E-state index < -0.39 is 26.7 Å². The number of anilines is 1. The number of sulfone groups is 1. The first-order valence-electron chi connectivity index (χ1n) is 4.45. The number of benzene rings is 1. The van der Waals surface area contributed by atoms with Crippen LogP contribution in [0.15, 0.2) is 17.0 Å². The molecular formula is C9H13FN2O3S. The Hall–Kier alpha value is -1.18. The molecule has 0 fully saturated rings. The highest BCUT2D eigenvalue weighted by Crippen LogP contribution is 2.29. The largest absolute Gasteiger partial charge is 0.398 e. The molecule has 0 aromatic heterocycles. The number of hydrogen-bond acceptors (Lipinski definition) is 5. The van der Waals surface area contributed by atoms with Gasteiger partial charge in [0.25, 0.3) is 0 Å². The topological polar surface area (TPSA) is 106 Å². The summed E-state index contributed by atoms with van der Waals surface area (Å²) in [4.78, 5) is -0.398. The molecule has 0 amide bonds. The third-order valence-electron chi connectivity index (χ3n) is 2.10. The average molecular weight is 248 g/mol. The summed E-state index contributed by atoms with van der Waals surface area (Å²) in [6, 6.07) is 2.14. The molecule has 0 aliphatic carbocycles. The standard InChI is InChI=1S/C9H13FN2O3S/c1-16(14,15)9-6(12)3-2-5(10)8(9)7(13)4-11/h2-3,7,13H,4,11-12H2,1H3. The molecule has 1 unspecified atom stereocenters. The zero-order valence-electron chi connectivity index (χ0n) is 8.64. The fourth-order valence-electron chi connectivity index (χ4n) is 1.43. The van der Waals surface area contributed by atoms with E-state index in [1.807, 2.05) is 0 Å². The Balaban J connectivity index is 3.63. The molecule has 0 aliphatic rings. The molecule has 1 aromatic rings. The first-order chi connectivity index (χ1) is 7.29. The van der Waals surface area contributed by atoms with E-state index in [9.17, 15) is 17.9 Å². The first-order valence-corrected chi connectivity index (χ1v) is 6.34. The number of rotatable bonds is 3. The summed E-state index contributed by atoms with van der Waals surface area (Å²) in [5.41, 5.74) is 10.2. The van der Waals surface area contributed by atoms with Crippen LogP contribution in [0.2, 0.25) is 0 Å². The van der Waals surface area contributed by atoms with Crippen LogP contribution in [0.3, 0.4) is 0 Å². The van der Waals surface area contributed by atoms with Gasteiger partial charge in [0.05, 0.1) is 16.7 Å². The number of nitrogen functional groups attached to an aromatic ring is 1. The van der Waals surface area contributed by atoms with Gasteiger partial charge in [-0.25, -0.2) is 12.8 Å². The highest BCUT2D eigenvalue weighted by atomic mass is 32.2. The molecule has 5 nitrogen and oxygen atoms in total. The van der Waals surface area contributed by atoms with Crippen molar-refractivity contribution in [2.45, 2.75) is 11.0 Å². The van der Waals surface area contributed by atoms with Crippen LogP contribution >= 0.6 is 0 Å². The highest BCUT2D eigenvalue weighted by molar-refractivity contribution is 7.91. The molecule has 7 heteroatoms. The minimum Gasteiger partial charge on any atom is -0.398 e. The van der Waals surface area contributed by atoms with E-state index in [-0.39, 0.29) is 17.8 Å². The molecule has 5 N–H and O–H groups in total. The monoisotopic (exact) mass is 248 g/mol. The summed E-state index contributed by atoms with van der Waals surface area (Å²) in [5.74, 6) is -0.840. The summed E-state index contributed by atoms with van der Waals surface area (Å²) in [5, 5.41) is 9.49. The van der Waals surface area contributed by atoms with E-state index in [0.717, 1.165) is 18.4 Å². The molecule has 0 heterocycles.